The van der Waals surface area contributed by atoms with Crippen LogP contribution in [0.2, 0.25) is 0 Å². The summed E-state index contributed by atoms with van der Waals surface area (Å²) in [4.78, 5) is 14.0. The molecule has 0 spiro atoms. The van der Waals surface area contributed by atoms with Gasteiger partial charge in [0.2, 0.25) is 5.91 Å². The van der Waals surface area contributed by atoms with E-state index in [9.17, 15) is 4.79 Å². The second kappa shape index (κ2) is 4.34. The molecule has 0 radical (unpaired) electrons. The first-order valence-electron chi connectivity index (χ1n) is 6.00. The molecule has 2 heterocycles. The summed E-state index contributed by atoms with van der Waals surface area (Å²) in [5.41, 5.74) is 2.18. The van der Waals surface area contributed by atoms with Crippen LogP contribution in [0.25, 0.3) is 0 Å². The van der Waals surface area contributed by atoms with Crippen molar-refractivity contribution in [2.45, 2.75) is 18.9 Å². The predicted octanol–water partition coefficient (Wildman–Crippen LogP) is 2.26. The van der Waals surface area contributed by atoms with E-state index in [1.807, 2.05) is 23.1 Å². The Bertz CT molecular complexity index is 453. The van der Waals surface area contributed by atoms with Crippen LogP contribution in [0.15, 0.2) is 42.1 Å². The van der Waals surface area contributed by atoms with Gasteiger partial charge in [-0.2, -0.15) is 0 Å². The molecule has 88 valence electrons. The van der Waals surface area contributed by atoms with Gasteiger partial charge in [-0.25, -0.2) is 0 Å². The predicted molar refractivity (Wildman–Crippen MR) is 64.2 cm³/mol. The third kappa shape index (κ3) is 1.87. The molecule has 3 nitrogen and oxygen atoms in total. The molecule has 0 saturated carbocycles. The highest BCUT2D eigenvalue weighted by Crippen LogP contribution is 2.32. The number of hydrogen-bond donors (Lipinski definition) is 0. The summed E-state index contributed by atoms with van der Waals surface area (Å²) in [5.74, 6) is 0.222. The van der Waals surface area contributed by atoms with Crippen molar-refractivity contribution in [2.24, 2.45) is 0 Å². The van der Waals surface area contributed by atoms with E-state index < -0.39 is 0 Å². The highest BCUT2D eigenvalue weighted by Gasteiger charge is 2.33. The number of ether oxygens (including phenoxy) is 1. The average molecular weight is 229 g/mol. The maximum Gasteiger partial charge on any atom is 0.227 e. The molecule has 1 atom stereocenters. The van der Waals surface area contributed by atoms with Crippen LogP contribution < -0.4 is 0 Å². The fourth-order valence-electron chi connectivity index (χ4n) is 2.51. The molecule has 0 bridgehead atoms. The Balaban J connectivity index is 1.96. The van der Waals surface area contributed by atoms with Crippen LogP contribution in [0, 0.1) is 0 Å². The van der Waals surface area contributed by atoms with Gasteiger partial charge in [0.15, 0.2) is 0 Å². The van der Waals surface area contributed by atoms with E-state index in [0.717, 1.165) is 17.7 Å². The number of benzene rings is 1. The fraction of sp³-hybridized carbons (Fsp3) is 0.357. The standard InChI is InChI=1S/C14H15NO2/c16-14-8-4-7-12-9-17-10-13(15(12)14)11-5-2-1-3-6-11/h1-3,5-7,13H,4,8-10H2/t13-/m0/s1. The summed E-state index contributed by atoms with van der Waals surface area (Å²) in [7, 11) is 0. The Morgan fingerprint density at radius 3 is 2.88 bits per heavy atom. The molecule has 0 N–H and O–H groups in total. The highest BCUT2D eigenvalue weighted by molar-refractivity contribution is 5.80. The highest BCUT2D eigenvalue weighted by atomic mass is 16.5. The first-order chi connectivity index (χ1) is 8.36. The minimum absolute atomic E-state index is 0.0454. The zero-order valence-corrected chi connectivity index (χ0v) is 9.63. The van der Waals surface area contributed by atoms with Crippen LogP contribution in [0.5, 0.6) is 0 Å². The first kappa shape index (κ1) is 10.5. The summed E-state index contributed by atoms with van der Waals surface area (Å²) in [6, 6.07) is 10.1. The molecule has 0 aromatic heterocycles. The molecule has 2 aliphatic rings. The van der Waals surface area contributed by atoms with Gasteiger partial charge < -0.3 is 9.64 Å². The smallest absolute Gasteiger partial charge is 0.227 e. The number of nitrogens with zero attached hydrogens (tertiary/aromatic N) is 1. The Labute approximate surface area is 101 Å². The minimum Gasteiger partial charge on any atom is -0.373 e. The lowest BCUT2D eigenvalue weighted by Gasteiger charge is -2.39. The molecule has 0 aliphatic carbocycles. The van der Waals surface area contributed by atoms with E-state index in [-0.39, 0.29) is 11.9 Å². The number of amides is 1. The van der Waals surface area contributed by atoms with E-state index in [1.54, 1.807) is 0 Å². The number of carbonyl (C=O) groups excluding carboxylic acids is 1. The number of allylic oxidation sites excluding steroid dienone is 1. The molecular weight excluding hydrogens is 214 g/mol. The van der Waals surface area contributed by atoms with E-state index in [4.69, 9.17) is 4.74 Å². The quantitative estimate of drug-likeness (QED) is 0.739. The third-order valence-electron chi connectivity index (χ3n) is 3.34. The Hall–Kier alpha value is -1.61. The number of hydrogen-bond acceptors (Lipinski definition) is 2. The second-order valence-corrected chi connectivity index (χ2v) is 4.44. The number of morpholine rings is 1. The second-order valence-electron chi connectivity index (χ2n) is 4.44. The maximum absolute atomic E-state index is 12.0. The van der Waals surface area contributed by atoms with Crippen molar-refractivity contribution in [3.05, 3.63) is 47.7 Å². The lowest BCUT2D eigenvalue weighted by Crippen LogP contribution is -2.43. The largest absolute Gasteiger partial charge is 0.373 e. The van der Waals surface area contributed by atoms with Gasteiger partial charge in [0.25, 0.3) is 0 Å². The summed E-state index contributed by atoms with van der Waals surface area (Å²) in [6.45, 7) is 1.15. The average Bonchev–Trinajstić information content (AvgIpc) is 2.39. The first-order valence-corrected chi connectivity index (χ1v) is 6.00. The normalized spacial score (nSPS) is 24.2. The monoisotopic (exact) mass is 229 g/mol. The van der Waals surface area contributed by atoms with Crippen LogP contribution >= 0.6 is 0 Å². The Morgan fingerprint density at radius 2 is 2.06 bits per heavy atom. The van der Waals surface area contributed by atoms with Crippen molar-refractivity contribution in [3.8, 4) is 0 Å². The van der Waals surface area contributed by atoms with E-state index >= 15 is 0 Å². The summed E-state index contributed by atoms with van der Waals surface area (Å²) < 4.78 is 5.59. The van der Waals surface area contributed by atoms with Gasteiger partial charge in [0.1, 0.15) is 0 Å². The van der Waals surface area contributed by atoms with Crippen LogP contribution in [0.1, 0.15) is 24.4 Å². The summed E-state index contributed by atoms with van der Waals surface area (Å²) in [6.07, 6.45) is 3.58. The van der Waals surface area contributed by atoms with Crippen LogP contribution in [0.4, 0.5) is 0 Å². The maximum atomic E-state index is 12.0. The van der Waals surface area contributed by atoms with Crippen LogP contribution in [0.3, 0.4) is 0 Å². The minimum atomic E-state index is 0.0454. The van der Waals surface area contributed by atoms with Gasteiger partial charge in [0, 0.05) is 12.1 Å². The van der Waals surface area contributed by atoms with E-state index in [1.165, 1.54) is 0 Å². The fourth-order valence-corrected chi connectivity index (χ4v) is 2.51. The summed E-state index contributed by atoms with van der Waals surface area (Å²) in [5, 5.41) is 0. The van der Waals surface area contributed by atoms with Gasteiger partial charge in [-0.15, -0.1) is 0 Å². The van der Waals surface area contributed by atoms with Crippen LogP contribution in [-0.2, 0) is 9.53 Å². The number of rotatable bonds is 1. The van der Waals surface area contributed by atoms with Crippen LogP contribution in [-0.4, -0.2) is 24.0 Å². The molecule has 1 aromatic carbocycles. The zero-order chi connectivity index (χ0) is 11.7. The van der Waals surface area contributed by atoms with Gasteiger partial charge in [-0.1, -0.05) is 36.4 Å². The zero-order valence-electron chi connectivity index (χ0n) is 9.63. The SMILES string of the molecule is O=C1CCC=C2COC[C@@H](c3ccccc3)N12. The molecule has 1 fully saturated rings. The Morgan fingerprint density at radius 1 is 1.24 bits per heavy atom. The molecule has 1 amide bonds. The number of fused-ring (bicyclic) bond motifs is 1. The topological polar surface area (TPSA) is 29.5 Å². The molecule has 2 aliphatic heterocycles. The van der Waals surface area contributed by atoms with Gasteiger partial charge in [-0.05, 0) is 12.0 Å². The van der Waals surface area contributed by atoms with Gasteiger partial charge in [-0.3, -0.25) is 4.79 Å². The van der Waals surface area contributed by atoms with Crippen molar-refractivity contribution < 1.29 is 9.53 Å². The molecule has 3 heteroatoms. The molecule has 17 heavy (non-hydrogen) atoms. The lowest BCUT2D eigenvalue weighted by atomic mass is 10.0. The lowest BCUT2D eigenvalue weighted by molar-refractivity contribution is -0.136. The van der Waals surface area contributed by atoms with Gasteiger partial charge in [0.05, 0.1) is 19.3 Å². The van der Waals surface area contributed by atoms with Crippen molar-refractivity contribution in [2.75, 3.05) is 13.2 Å². The van der Waals surface area contributed by atoms with Crippen molar-refractivity contribution in [1.82, 2.24) is 4.90 Å². The van der Waals surface area contributed by atoms with Crippen molar-refractivity contribution in [3.63, 3.8) is 0 Å². The van der Waals surface area contributed by atoms with Crippen molar-refractivity contribution in [1.29, 1.82) is 0 Å². The molecular formula is C14H15NO2. The molecule has 1 saturated heterocycles. The Kier molecular flexibility index (Phi) is 2.69. The number of carbonyl (C=O) groups is 1. The molecule has 3 rings (SSSR count). The molecule has 0 unspecified atom stereocenters. The van der Waals surface area contributed by atoms with Gasteiger partial charge >= 0.3 is 0 Å². The third-order valence-corrected chi connectivity index (χ3v) is 3.34. The van der Waals surface area contributed by atoms with E-state index in [0.29, 0.717) is 19.6 Å². The summed E-state index contributed by atoms with van der Waals surface area (Å²) >= 11 is 0. The van der Waals surface area contributed by atoms with E-state index in [2.05, 4.69) is 18.2 Å². The van der Waals surface area contributed by atoms with Crippen molar-refractivity contribution >= 4 is 5.91 Å². The molecule has 1 aromatic rings.